The van der Waals surface area contributed by atoms with Crippen LogP contribution >= 0.6 is 11.6 Å². The molecule has 4 heterocycles. The number of amides is 1. The maximum atomic E-state index is 13.3. The predicted octanol–water partition coefficient (Wildman–Crippen LogP) is 1.20. The minimum atomic E-state index is -4.89. The number of rotatable bonds is 7. The summed E-state index contributed by atoms with van der Waals surface area (Å²) in [6.45, 7) is 3.72. The number of aromatic amines is 1. The Morgan fingerprint density at radius 3 is 2.89 bits per heavy atom. The number of nitrogens with one attached hydrogen (secondary N) is 1. The molecule has 0 bridgehead atoms. The number of halogens is 4. The number of pyridine rings is 1. The first-order valence-electron chi connectivity index (χ1n) is 11.7. The zero-order valence-electron chi connectivity index (χ0n) is 20.3. The van der Waals surface area contributed by atoms with Crippen molar-refractivity contribution in [2.75, 3.05) is 44.4 Å². The van der Waals surface area contributed by atoms with E-state index in [2.05, 4.69) is 15.0 Å². The number of ether oxygens (including phenoxy) is 3. The van der Waals surface area contributed by atoms with Crippen molar-refractivity contribution >= 4 is 33.6 Å². The molecule has 0 aromatic carbocycles. The number of piperazine rings is 1. The van der Waals surface area contributed by atoms with E-state index in [9.17, 15) is 22.8 Å². The number of nitrogens with zero attached hydrogens (tertiary/aromatic N) is 4. The molecule has 37 heavy (non-hydrogen) atoms. The molecule has 2 aromatic heterocycles. The third-order valence-electron chi connectivity index (χ3n) is 6.02. The molecule has 2 atom stereocenters. The molecule has 0 unspecified atom stereocenters. The summed E-state index contributed by atoms with van der Waals surface area (Å²) < 4.78 is 56.7. The maximum Gasteiger partial charge on any atom is 0.425 e. The maximum absolute atomic E-state index is 13.3. The second-order valence-corrected chi connectivity index (χ2v) is 12.0. The average Bonchev–Trinajstić information content (AvgIpc) is 2.98. The van der Waals surface area contributed by atoms with E-state index in [1.54, 1.807) is 29.2 Å². The van der Waals surface area contributed by atoms with Crippen LogP contribution in [-0.2, 0) is 15.7 Å². The predicted molar refractivity (Wildman–Crippen MR) is 131 cm³/mol. The van der Waals surface area contributed by atoms with Crippen molar-refractivity contribution in [1.29, 1.82) is 0 Å². The lowest BCUT2D eigenvalue weighted by atomic mass is 10.1. The molecular weight excluding hydrogens is 535 g/mol. The number of carbonyl (C=O) groups excluding carboxylic acids is 1. The molecule has 1 N–H and O–H groups in total. The summed E-state index contributed by atoms with van der Waals surface area (Å²) in [5.74, 6) is 0.619. The fraction of sp³-hybridized carbons (Fsp3) is 0.545. The van der Waals surface area contributed by atoms with E-state index < -0.39 is 28.3 Å². The number of aromatic nitrogens is 3. The van der Waals surface area contributed by atoms with Gasteiger partial charge in [0.1, 0.15) is 5.22 Å². The molecule has 2 aliphatic rings. The Balaban J connectivity index is 1.27. The van der Waals surface area contributed by atoms with Crippen molar-refractivity contribution in [1.82, 2.24) is 20.1 Å². The SMILES string of the molecule is C[C@]([SiH3])(COCCC(=O)N1CCN2c3ncc(Cl)cc3OCC[C@H]2C1)Oc1cn[nH]c(=O)c1C(F)(F)F. The molecule has 0 saturated carbocycles. The number of fused-ring (bicyclic) bond motifs is 3. The zero-order valence-corrected chi connectivity index (χ0v) is 23.1. The molecule has 2 aromatic rings. The van der Waals surface area contributed by atoms with Gasteiger partial charge in [-0.25, -0.2) is 10.1 Å². The van der Waals surface area contributed by atoms with Gasteiger partial charge in [0.05, 0.1) is 53.7 Å². The van der Waals surface area contributed by atoms with Crippen LogP contribution in [0.4, 0.5) is 19.0 Å². The minimum absolute atomic E-state index is 0.0463. The topological polar surface area (TPSA) is 110 Å². The quantitative estimate of drug-likeness (QED) is 0.397. The molecule has 15 heteroatoms. The van der Waals surface area contributed by atoms with Gasteiger partial charge in [0, 0.05) is 38.3 Å². The smallest absolute Gasteiger partial charge is 0.425 e. The van der Waals surface area contributed by atoms with Gasteiger partial charge in [0.25, 0.3) is 5.56 Å². The Hall–Kier alpha value is -2.84. The van der Waals surface area contributed by atoms with E-state index in [4.69, 9.17) is 25.8 Å². The third-order valence-corrected chi connectivity index (χ3v) is 6.72. The first kappa shape index (κ1) is 27.2. The molecule has 0 radical (unpaired) electrons. The second kappa shape index (κ2) is 10.9. The van der Waals surface area contributed by atoms with Crippen molar-refractivity contribution in [3.05, 3.63) is 39.4 Å². The van der Waals surface area contributed by atoms with Gasteiger partial charge in [-0.3, -0.25) is 9.59 Å². The van der Waals surface area contributed by atoms with Gasteiger partial charge in [0.15, 0.2) is 22.9 Å². The zero-order chi connectivity index (χ0) is 26.8. The number of carbonyl (C=O) groups is 1. The minimum Gasteiger partial charge on any atom is -0.490 e. The Morgan fingerprint density at radius 1 is 1.35 bits per heavy atom. The van der Waals surface area contributed by atoms with Crippen LogP contribution in [0.5, 0.6) is 11.5 Å². The van der Waals surface area contributed by atoms with Crippen molar-refractivity contribution < 1.29 is 32.2 Å². The number of H-pyrrole nitrogens is 1. The normalized spacial score (nSPS) is 19.3. The lowest BCUT2D eigenvalue weighted by Gasteiger charge is -2.41. The highest BCUT2D eigenvalue weighted by atomic mass is 35.5. The van der Waals surface area contributed by atoms with Gasteiger partial charge in [-0.15, -0.1) is 0 Å². The largest absolute Gasteiger partial charge is 0.490 e. The van der Waals surface area contributed by atoms with Crippen molar-refractivity contribution in [2.24, 2.45) is 0 Å². The number of hydrogen-bond acceptors (Lipinski definition) is 8. The molecule has 1 amide bonds. The van der Waals surface area contributed by atoms with Crippen LogP contribution in [-0.4, -0.2) is 87.0 Å². The Kier molecular flexibility index (Phi) is 7.99. The molecule has 202 valence electrons. The van der Waals surface area contributed by atoms with E-state index in [1.165, 1.54) is 0 Å². The standard InChI is InChI=1S/C22H27ClF3N5O5Si/c1-21(37,36-16-10-28-29-20(33)18(16)22(24,25)26)12-34-6-3-17(32)30-4-5-31-14(11-30)2-7-35-15-8-13(23)9-27-19(15)31/h8-10,14H,2-7,11-12H2,1,37H3,(H,29,33)/t14-,21-/m0/s1. The molecule has 0 spiro atoms. The molecule has 2 aliphatic heterocycles. The molecule has 1 fully saturated rings. The number of hydrogen-bond donors (Lipinski definition) is 1. The summed E-state index contributed by atoms with van der Waals surface area (Å²) in [6, 6.07) is 1.79. The summed E-state index contributed by atoms with van der Waals surface area (Å²) in [5, 5.41) is 4.60. The highest BCUT2D eigenvalue weighted by molar-refractivity contribution is 6.30. The van der Waals surface area contributed by atoms with Gasteiger partial charge in [-0.2, -0.15) is 18.3 Å². The van der Waals surface area contributed by atoms with Crippen LogP contribution in [0.3, 0.4) is 0 Å². The lowest BCUT2D eigenvalue weighted by molar-refractivity contribution is -0.141. The third kappa shape index (κ3) is 6.54. The van der Waals surface area contributed by atoms with E-state index in [-0.39, 0.29) is 31.6 Å². The fourth-order valence-electron chi connectivity index (χ4n) is 4.34. The Labute approximate surface area is 218 Å². The van der Waals surface area contributed by atoms with E-state index in [0.717, 1.165) is 18.4 Å². The van der Waals surface area contributed by atoms with Crippen LogP contribution in [0.25, 0.3) is 0 Å². The monoisotopic (exact) mass is 561 g/mol. The summed E-state index contributed by atoms with van der Waals surface area (Å²) in [5.41, 5.74) is -2.82. The molecule has 10 nitrogen and oxygen atoms in total. The first-order chi connectivity index (χ1) is 17.4. The van der Waals surface area contributed by atoms with Crippen molar-refractivity contribution in [3.63, 3.8) is 0 Å². The molecular formula is C22H27ClF3N5O5Si. The van der Waals surface area contributed by atoms with Gasteiger partial charge < -0.3 is 24.0 Å². The van der Waals surface area contributed by atoms with Crippen molar-refractivity contribution in [2.45, 2.75) is 37.2 Å². The van der Waals surface area contributed by atoms with Gasteiger partial charge in [-0.05, 0) is 6.92 Å². The first-order valence-corrected chi connectivity index (χ1v) is 13.1. The van der Waals surface area contributed by atoms with Gasteiger partial charge in [-0.1, -0.05) is 11.6 Å². The lowest BCUT2D eigenvalue weighted by Crippen LogP contribution is -2.55. The van der Waals surface area contributed by atoms with Gasteiger partial charge >= 0.3 is 6.18 Å². The Morgan fingerprint density at radius 2 is 2.14 bits per heavy atom. The summed E-state index contributed by atoms with van der Waals surface area (Å²) in [6.07, 6.45) is -1.65. The molecule has 1 saturated heterocycles. The summed E-state index contributed by atoms with van der Waals surface area (Å²) >= 11 is 6.04. The Bertz CT molecular complexity index is 1200. The van der Waals surface area contributed by atoms with E-state index in [1.807, 2.05) is 0 Å². The van der Waals surface area contributed by atoms with E-state index >= 15 is 0 Å². The van der Waals surface area contributed by atoms with Crippen LogP contribution in [0.1, 0.15) is 25.3 Å². The van der Waals surface area contributed by atoms with Crippen LogP contribution in [0.15, 0.2) is 23.3 Å². The van der Waals surface area contributed by atoms with E-state index in [0.29, 0.717) is 47.3 Å². The number of anilines is 1. The fourth-order valence-corrected chi connectivity index (χ4v) is 4.91. The van der Waals surface area contributed by atoms with Crippen molar-refractivity contribution in [3.8, 4) is 11.5 Å². The van der Waals surface area contributed by atoms with Crippen LogP contribution < -0.4 is 19.9 Å². The highest BCUT2D eigenvalue weighted by Crippen LogP contribution is 2.35. The summed E-state index contributed by atoms with van der Waals surface area (Å²) in [4.78, 5) is 32.8. The average molecular weight is 562 g/mol. The van der Waals surface area contributed by atoms with Gasteiger partial charge in [0.2, 0.25) is 5.91 Å². The molecule has 0 aliphatic carbocycles. The highest BCUT2D eigenvalue weighted by Gasteiger charge is 2.40. The van der Waals surface area contributed by atoms with Crippen LogP contribution in [0, 0.1) is 0 Å². The molecule has 4 rings (SSSR count). The van der Waals surface area contributed by atoms with Crippen LogP contribution in [0.2, 0.25) is 5.02 Å². The summed E-state index contributed by atoms with van der Waals surface area (Å²) in [7, 11) is 0.292. The number of alkyl halides is 3. The second-order valence-electron chi connectivity index (χ2n) is 9.40.